The summed E-state index contributed by atoms with van der Waals surface area (Å²) in [7, 11) is 4.29. The van der Waals surface area contributed by atoms with Gasteiger partial charge in [0.25, 0.3) is 0 Å². The Morgan fingerprint density at radius 3 is 2.47 bits per heavy atom. The van der Waals surface area contributed by atoms with Crippen LogP contribution in [0.4, 0.5) is 0 Å². The third-order valence-electron chi connectivity index (χ3n) is 3.60. The molecule has 0 amide bonds. The van der Waals surface area contributed by atoms with Gasteiger partial charge in [-0.1, -0.05) is 6.92 Å². The summed E-state index contributed by atoms with van der Waals surface area (Å²) in [5, 5.41) is 9.55. The minimum Gasteiger partial charge on any atom is -0.392 e. The molecule has 4 nitrogen and oxygen atoms in total. The van der Waals surface area contributed by atoms with Crippen LogP contribution in [0, 0.1) is 0 Å². The van der Waals surface area contributed by atoms with E-state index >= 15 is 0 Å². The molecule has 1 N–H and O–H groups in total. The molecule has 0 saturated carbocycles. The lowest BCUT2D eigenvalue weighted by Crippen LogP contribution is -2.45. The Morgan fingerprint density at radius 1 is 1.24 bits per heavy atom. The summed E-state index contributed by atoms with van der Waals surface area (Å²) in [6.45, 7) is 9.93. The maximum Gasteiger partial charge on any atom is 0.0664 e. The summed E-state index contributed by atoms with van der Waals surface area (Å²) in [6, 6.07) is 0. The van der Waals surface area contributed by atoms with Crippen LogP contribution in [0.25, 0.3) is 0 Å². The van der Waals surface area contributed by atoms with E-state index < -0.39 is 0 Å². The highest BCUT2D eigenvalue weighted by molar-refractivity contribution is 4.69. The van der Waals surface area contributed by atoms with Gasteiger partial charge < -0.3 is 19.8 Å². The lowest BCUT2D eigenvalue weighted by molar-refractivity contribution is 0.114. The molecule has 102 valence electrons. The van der Waals surface area contributed by atoms with Crippen LogP contribution in [-0.2, 0) is 0 Å². The fourth-order valence-corrected chi connectivity index (χ4v) is 2.22. The zero-order valence-electron chi connectivity index (χ0n) is 11.7. The van der Waals surface area contributed by atoms with Crippen LogP contribution in [0.15, 0.2) is 0 Å². The van der Waals surface area contributed by atoms with Crippen molar-refractivity contribution in [2.75, 3.05) is 59.9 Å². The second-order valence-corrected chi connectivity index (χ2v) is 5.32. The molecule has 1 unspecified atom stereocenters. The van der Waals surface area contributed by atoms with Gasteiger partial charge in [-0.3, -0.25) is 0 Å². The molecule has 0 spiro atoms. The van der Waals surface area contributed by atoms with Crippen LogP contribution in [0.3, 0.4) is 0 Å². The largest absolute Gasteiger partial charge is 0.392 e. The Morgan fingerprint density at radius 2 is 1.88 bits per heavy atom. The Kier molecular flexibility index (Phi) is 7.04. The monoisotopic (exact) mass is 243 g/mol. The standard InChI is InChI=1S/C13H29N3O/c1-4-13(17)12-15(3)6-5-7-16-10-8-14(2)9-11-16/h13,17H,4-12H2,1-3H3. The normalized spacial score (nSPS) is 21.0. The first-order chi connectivity index (χ1) is 8.11. The summed E-state index contributed by atoms with van der Waals surface area (Å²) in [5.41, 5.74) is 0. The molecule has 1 aliphatic heterocycles. The number of nitrogens with zero attached hydrogens (tertiary/aromatic N) is 3. The van der Waals surface area contributed by atoms with E-state index in [1.807, 2.05) is 6.92 Å². The van der Waals surface area contributed by atoms with E-state index in [0.29, 0.717) is 0 Å². The first-order valence-electron chi connectivity index (χ1n) is 6.89. The maximum atomic E-state index is 9.55. The van der Waals surface area contributed by atoms with Crippen molar-refractivity contribution in [3.8, 4) is 0 Å². The second kappa shape index (κ2) is 8.03. The average Bonchev–Trinajstić information content (AvgIpc) is 2.31. The molecule has 1 fully saturated rings. The molecule has 0 aliphatic carbocycles. The fraction of sp³-hybridized carbons (Fsp3) is 1.00. The van der Waals surface area contributed by atoms with E-state index in [9.17, 15) is 5.11 Å². The third kappa shape index (κ3) is 6.36. The fourth-order valence-electron chi connectivity index (χ4n) is 2.22. The van der Waals surface area contributed by atoms with Gasteiger partial charge in [-0.2, -0.15) is 0 Å². The van der Waals surface area contributed by atoms with Gasteiger partial charge in [-0.15, -0.1) is 0 Å². The molecule has 1 heterocycles. The van der Waals surface area contributed by atoms with Gasteiger partial charge in [0.1, 0.15) is 0 Å². The van der Waals surface area contributed by atoms with Crippen LogP contribution in [-0.4, -0.2) is 85.8 Å². The third-order valence-corrected chi connectivity index (χ3v) is 3.60. The van der Waals surface area contributed by atoms with Gasteiger partial charge in [0.05, 0.1) is 6.10 Å². The van der Waals surface area contributed by atoms with Crippen molar-refractivity contribution in [3.05, 3.63) is 0 Å². The highest BCUT2D eigenvalue weighted by atomic mass is 16.3. The first kappa shape index (κ1) is 14.9. The summed E-state index contributed by atoms with van der Waals surface area (Å²) < 4.78 is 0. The SMILES string of the molecule is CCC(O)CN(C)CCCN1CCN(C)CC1. The van der Waals surface area contributed by atoms with Crippen molar-refractivity contribution in [3.63, 3.8) is 0 Å². The number of hydrogen-bond donors (Lipinski definition) is 1. The predicted octanol–water partition coefficient (Wildman–Crippen LogP) is 0.327. The summed E-state index contributed by atoms with van der Waals surface area (Å²) in [6.07, 6.45) is 1.89. The van der Waals surface area contributed by atoms with Gasteiger partial charge in [-0.05, 0) is 40.0 Å². The molecule has 1 rings (SSSR count). The molecule has 0 radical (unpaired) electrons. The quantitative estimate of drug-likeness (QED) is 0.698. The number of aliphatic hydroxyl groups is 1. The molecule has 0 aromatic carbocycles. The lowest BCUT2D eigenvalue weighted by Gasteiger charge is -2.32. The molecule has 1 aliphatic rings. The van der Waals surface area contributed by atoms with E-state index in [1.165, 1.54) is 39.1 Å². The van der Waals surface area contributed by atoms with Gasteiger partial charge >= 0.3 is 0 Å². The topological polar surface area (TPSA) is 30.0 Å². The molecule has 0 aromatic rings. The molecule has 0 bridgehead atoms. The number of rotatable bonds is 7. The number of hydrogen-bond acceptors (Lipinski definition) is 4. The van der Waals surface area contributed by atoms with Gasteiger partial charge in [0, 0.05) is 32.7 Å². The van der Waals surface area contributed by atoms with Crippen molar-refractivity contribution in [2.24, 2.45) is 0 Å². The van der Waals surface area contributed by atoms with Crippen LogP contribution >= 0.6 is 0 Å². The molecule has 1 saturated heterocycles. The van der Waals surface area contributed by atoms with Gasteiger partial charge in [0.15, 0.2) is 0 Å². The van der Waals surface area contributed by atoms with Crippen molar-refractivity contribution in [2.45, 2.75) is 25.9 Å². The van der Waals surface area contributed by atoms with Crippen LogP contribution in [0.5, 0.6) is 0 Å². The van der Waals surface area contributed by atoms with E-state index in [1.54, 1.807) is 0 Å². The second-order valence-electron chi connectivity index (χ2n) is 5.32. The Bertz CT molecular complexity index is 193. The van der Waals surface area contributed by atoms with Crippen molar-refractivity contribution < 1.29 is 5.11 Å². The molecule has 0 aromatic heterocycles. The first-order valence-corrected chi connectivity index (χ1v) is 6.89. The Hall–Kier alpha value is -0.160. The smallest absolute Gasteiger partial charge is 0.0664 e. The maximum absolute atomic E-state index is 9.55. The summed E-state index contributed by atoms with van der Waals surface area (Å²) in [5.74, 6) is 0. The van der Waals surface area contributed by atoms with Crippen LogP contribution < -0.4 is 0 Å². The van der Waals surface area contributed by atoms with Crippen LogP contribution in [0.2, 0.25) is 0 Å². The van der Waals surface area contributed by atoms with Crippen molar-refractivity contribution >= 4 is 0 Å². The van der Waals surface area contributed by atoms with E-state index in [2.05, 4.69) is 28.8 Å². The van der Waals surface area contributed by atoms with Crippen molar-refractivity contribution in [1.29, 1.82) is 0 Å². The highest BCUT2D eigenvalue weighted by Crippen LogP contribution is 2.01. The average molecular weight is 243 g/mol. The molecular weight excluding hydrogens is 214 g/mol. The van der Waals surface area contributed by atoms with E-state index in [4.69, 9.17) is 0 Å². The van der Waals surface area contributed by atoms with E-state index in [-0.39, 0.29) is 6.10 Å². The molecule has 17 heavy (non-hydrogen) atoms. The predicted molar refractivity (Wildman–Crippen MR) is 72.3 cm³/mol. The van der Waals surface area contributed by atoms with Gasteiger partial charge in [0.2, 0.25) is 0 Å². The molecule has 1 atom stereocenters. The van der Waals surface area contributed by atoms with Gasteiger partial charge in [-0.25, -0.2) is 0 Å². The Balaban J connectivity index is 2.03. The minimum absolute atomic E-state index is 0.163. The summed E-state index contributed by atoms with van der Waals surface area (Å²) >= 11 is 0. The number of aliphatic hydroxyl groups excluding tert-OH is 1. The number of piperazine rings is 1. The molecule has 4 heteroatoms. The van der Waals surface area contributed by atoms with Crippen LogP contribution in [0.1, 0.15) is 19.8 Å². The molecular formula is C13H29N3O. The minimum atomic E-state index is -0.163. The zero-order valence-corrected chi connectivity index (χ0v) is 11.7. The number of likely N-dealkylation sites (N-methyl/N-ethyl adjacent to an activating group) is 2. The highest BCUT2D eigenvalue weighted by Gasteiger charge is 2.13. The van der Waals surface area contributed by atoms with E-state index in [0.717, 1.165) is 19.5 Å². The summed E-state index contributed by atoms with van der Waals surface area (Å²) in [4.78, 5) is 7.18. The Labute approximate surface area is 106 Å². The lowest BCUT2D eigenvalue weighted by atomic mass is 10.2. The van der Waals surface area contributed by atoms with Crippen molar-refractivity contribution in [1.82, 2.24) is 14.7 Å². The zero-order chi connectivity index (χ0) is 12.7.